The first-order chi connectivity index (χ1) is 10.2. The fraction of sp³-hybridized carbons (Fsp3) is 0.357. The first-order valence-electron chi connectivity index (χ1n) is 6.72. The Morgan fingerprint density at radius 2 is 2.14 bits per heavy atom. The van der Waals surface area contributed by atoms with Crippen LogP contribution < -0.4 is 10.1 Å². The van der Waals surface area contributed by atoms with Gasteiger partial charge in [-0.25, -0.2) is 5.10 Å². The van der Waals surface area contributed by atoms with Crippen LogP contribution in [0.4, 0.5) is 5.95 Å². The molecule has 0 atom stereocenters. The molecule has 0 aliphatic heterocycles. The molecule has 0 aliphatic rings. The minimum Gasteiger partial charge on any atom is -0.493 e. The van der Waals surface area contributed by atoms with E-state index in [9.17, 15) is 4.79 Å². The predicted molar refractivity (Wildman–Crippen MR) is 82.7 cm³/mol. The molecular weight excluding hydrogens is 288 g/mol. The number of ether oxygens (including phenoxy) is 1. The molecule has 7 heteroatoms. The first kappa shape index (κ1) is 15.4. The lowest BCUT2D eigenvalue weighted by Gasteiger charge is -2.06. The molecule has 0 spiro atoms. The number of thioether (sulfide) groups is 1. The second kappa shape index (κ2) is 7.68. The normalized spacial score (nSPS) is 10.4. The van der Waals surface area contributed by atoms with Gasteiger partial charge in [0, 0.05) is 0 Å². The molecule has 0 saturated heterocycles. The number of nitrogens with zero attached hydrogens (tertiary/aromatic N) is 2. The highest BCUT2D eigenvalue weighted by atomic mass is 32.2. The summed E-state index contributed by atoms with van der Waals surface area (Å²) in [5, 5.41) is 9.94. The van der Waals surface area contributed by atoms with Crippen LogP contribution in [0.5, 0.6) is 5.75 Å². The van der Waals surface area contributed by atoms with Gasteiger partial charge in [0.25, 0.3) is 0 Å². The van der Waals surface area contributed by atoms with E-state index in [0.717, 1.165) is 11.5 Å². The monoisotopic (exact) mass is 306 g/mol. The number of aryl methyl sites for hydroxylation is 1. The van der Waals surface area contributed by atoms with Crippen LogP contribution in [-0.2, 0) is 4.79 Å². The summed E-state index contributed by atoms with van der Waals surface area (Å²) in [6.45, 7) is 4.35. The van der Waals surface area contributed by atoms with Crippen molar-refractivity contribution in [3.8, 4) is 5.75 Å². The molecule has 1 amide bonds. The molecule has 0 radical (unpaired) electrons. The molecule has 0 bridgehead atoms. The van der Waals surface area contributed by atoms with Crippen LogP contribution >= 0.6 is 11.8 Å². The summed E-state index contributed by atoms with van der Waals surface area (Å²) in [5.74, 6) is 1.85. The Hall–Kier alpha value is -2.02. The van der Waals surface area contributed by atoms with E-state index in [1.54, 1.807) is 0 Å². The highest BCUT2D eigenvalue weighted by Crippen LogP contribution is 2.13. The Balaban J connectivity index is 1.72. The Kier molecular flexibility index (Phi) is 5.62. The van der Waals surface area contributed by atoms with E-state index >= 15 is 0 Å². The molecule has 2 N–H and O–H groups in total. The lowest BCUT2D eigenvalue weighted by Crippen LogP contribution is -2.16. The number of benzene rings is 1. The molecule has 2 rings (SSSR count). The van der Waals surface area contributed by atoms with Crippen molar-refractivity contribution in [1.29, 1.82) is 0 Å². The summed E-state index contributed by atoms with van der Waals surface area (Å²) < 4.78 is 5.50. The summed E-state index contributed by atoms with van der Waals surface area (Å²) in [7, 11) is 0. The topological polar surface area (TPSA) is 79.9 Å². The molecule has 0 unspecified atom stereocenters. The number of rotatable bonds is 7. The van der Waals surface area contributed by atoms with Crippen molar-refractivity contribution in [3.63, 3.8) is 0 Å². The van der Waals surface area contributed by atoms with Crippen LogP contribution in [0.2, 0.25) is 0 Å². The predicted octanol–water partition coefficient (Wildman–Crippen LogP) is 2.63. The van der Waals surface area contributed by atoms with Gasteiger partial charge in [-0.3, -0.25) is 10.1 Å². The standard InChI is InChI=1S/C14H18N4O2S/c1-3-21-14-16-13(17-18-14)15-12(19)8-9-20-11-6-4-10(2)5-7-11/h4-7H,3,8-9H2,1-2H3,(H2,15,16,17,18,19). The molecule has 1 heterocycles. The van der Waals surface area contributed by atoms with Crippen LogP contribution in [0, 0.1) is 6.92 Å². The number of H-pyrrole nitrogens is 1. The zero-order chi connectivity index (χ0) is 15.1. The van der Waals surface area contributed by atoms with E-state index in [0.29, 0.717) is 17.7 Å². The van der Waals surface area contributed by atoms with E-state index in [1.165, 1.54) is 17.3 Å². The van der Waals surface area contributed by atoms with E-state index in [4.69, 9.17) is 4.74 Å². The maximum atomic E-state index is 11.7. The van der Waals surface area contributed by atoms with Gasteiger partial charge in [-0.2, -0.15) is 4.98 Å². The van der Waals surface area contributed by atoms with Gasteiger partial charge in [0.15, 0.2) is 0 Å². The summed E-state index contributed by atoms with van der Waals surface area (Å²) in [4.78, 5) is 15.9. The van der Waals surface area contributed by atoms with Crippen LogP contribution in [-0.4, -0.2) is 33.4 Å². The zero-order valence-corrected chi connectivity index (χ0v) is 12.9. The average molecular weight is 306 g/mol. The second-order valence-corrected chi connectivity index (χ2v) is 5.59. The van der Waals surface area contributed by atoms with E-state index in [2.05, 4.69) is 20.5 Å². The van der Waals surface area contributed by atoms with Crippen molar-refractivity contribution in [2.45, 2.75) is 25.4 Å². The molecule has 6 nitrogen and oxygen atoms in total. The number of aromatic nitrogens is 3. The molecule has 1 aromatic carbocycles. The molecule has 1 aromatic heterocycles. The van der Waals surface area contributed by atoms with Gasteiger partial charge in [-0.05, 0) is 24.8 Å². The van der Waals surface area contributed by atoms with E-state index < -0.39 is 0 Å². The molecule has 0 saturated carbocycles. The summed E-state index contributed by atoms with van der Waals surface area (Å²) >= 11 is 1.51. The van der Waals surface area contributed by atoms with Gasteiger partial charge in [0.1, 0.15) is 5.75 Å². The number of aromatic amines is 1. The largest absolute Gasteiger partial charge is 0.493 e. The van der Waals surface area contributed by atoms with E-state index in [1.807, 2.05) is 38.1 Å². The molecule has 0 fully saturated rings. The first-order valence-corrected chi connectivity index (χ1v) is 7.70. The number of amides is 1. The number of anilines is 1. The summed E-state index contributed by atoms with van der Waals surface area (Å²) in [6.07, 6.45) is 0.255. The SMILES string of the molecule is CCSc1n[nH]c(NC(=O)CCOc2ccc(C)cc2)n1. The average Bonchev–Trinajstić information content (AvgIpc) is 2.89. The Morgan fingerprint density at radius 1 is 1.38 bits per heavy atom. The quantitative estimate of drug-likeness (QED) is 0.769. The lowest BCUT2D eigenvalue weighted by molar-refractivity contribution is -0.116. The van der Waals surface area contributed by atoms with Crippen molar-refractivity contribution in [2.75, 3.05) is 17.7 Å². The maximum absolute atomic E-state index is 11.7. The smallest absolute Gasteiger partial charge is 0.230 e. The van der Waals surface area contributed by atoms with Crippen molar-refractivity contribution in [2.24, 2.45) is 0 Å². The highest BCUT2D eigenvalue weighted by molar-refractivity contribution is 7.99. The van der Waals surface area contributed by atoms with Gasteiger partial charge in [0.2, 0.25) is 17.0 Å². The van der Waals surface area contributed by atoms with Crippen LogP contribution in [0.15, 0.2) is 29.4 Å². The summed E-state index contributed by atoms with van der Waals surface area (Å²) in [6, 6.07) is 7.71. The molecule has 0 aliphatic carbocycles. The van der Waals surface area contributed by atoms with E-state index in [-0.39, 0.29) is 12.3 Å². The molecule has 112 valence electrons. The molecule has 21 heavy (non-hydrogen) atoms. The van der Waals surface area contributed by atoms with Crippen LogP contribution in [0.25, 0.3) is 0 Å². The maximum Gasteiger partial charge on any atom is 0.230 e. The Bertz CT molecular complexity index is 583. The third-order valence-electron chi connectivity index (χ3n) is 2.61. The lowest BCUT2D eigenvalue weighted by atomic mass is 10.2. The number of carbonyl (C=O) groups is 1. The zero-order valence-electron chi connectivity index (χ0n) is 12.0. The fourth-order valence-corrected chi connectivity index (χ4v) is 2.11. The fourth-order valence-electron chi connectivity index (χ4n) is 1.59. The van der Waals surface area contributed by atoms with Crippen LogP contribution in [0.1, 0.15) is 18.9 Å². The highest BCUT2D eigenvalue weighted by Gasteiger charge is 2.07. The van der Waals surface area contributed by atoms with Gasteiger partial charge < -0.3 is 4.74 Å². The van der Waals surface area contributed by atoms with Crippen molar-refractivity contribution in [1.82, 2.24) is 15.2 Å². The third-order valence-corrected chi connectivity index (χ3v) is 3.34. The second-order valence-electron chi connectivity index (χ2n) is 4.36. The van der Waals surface area contributed by atoms with Gasteiger partial charge in [-0.1, -0.05) is 36.4 Å². The number of carbonyl (C=O) groups excluding carboxylic acids is 1. The number of nitrogens with one attached hydrogen (secondary N) is 2. The van der Waals surface area contributed by atoms with Crippen molar-refractivity contribution >= 4 is 23.6 Å². The molecule has 2 aromatic rings. The van der Waals surface area contributed by atoms with Crippen molar-refractivity contribution in [3.05, 3.63) is 29.8 Å². The third kappa shape index (κ3) is 5.11. The summed E-state index contributed by atoms with van der Waals surface area (Å²) in [5.41, 5.74) is 1.17. The van der Waals surface area contributed by atoms with Gasteiger partial charge >= 0.3 is 0 Å². The Labute approximate surface area is 127 Å². The van der Waals surface area contributed by atoms with Gasteiger partial charge in [-0.15, -0.1) is 5.10 Å². The minimum atomic E-state index is -0.161. The minimum absolute atomic E-state index is 0.161. The molecular formula is C14H18N4O2S. The number of hydrogen-bond donors (Lipinski definition) is 2. The van der Waals surface area contributed by atoms with Gasteiger partial charge in [0.05, 0.1) is 13.0 Å². The number of hydrogen-bond acceptors (Lipinski definition) is 5. The van der Waals surface area contributed by atoms with Crippen molar-refractivity contribution < 1.29 is 9.53 Å². The Morgan fingerprint density at radius 3 is 2.86 bits per heavy atom. The van der Waals surface area contributed by atoms with Crippen LogP contribution in [0.3, 0.4) is 0 Å².